The second kappa shape index (κ2) is 6.64. The van der Waals surface area contributed by atoms with E-state index in [1.54, 1.807) is 0 Å². The summed E-state index contributed by atoms with van der Waals surface area (Å²) < 4.78 is 82.4. The Morgan fingerprint density at radius 2 is 1.55 bits per heavy atom. The Morgan fingerprint density at radius 1 is 1.09 bits per heavy atom. The quantitative estimate of drug-likeness (QED) is 0.628. The van der Waals surface area contributed by atoms with Gasteiger partial charge in [-0.3, -0.25) is 4.79 Å². The Labute approximate surface area is 123 Å². The number of hydrogen-bond acceptors (Lipinski definition) is 3. The van der Waals surface area contributed by atoms with E-state index in [0.29, 0.717) is 19.3 Å². The molecule has 130 valence electrons. The van der Waals surface area contributed by atoms with Gasteiger partial charge in [0.2, 0.25) is 0 Å². The van der Waals surface area contributed by atoms with Crippen LogP contribution in [-0.2, 0) is 9.53 Å². The van der Waals surface area contributed by atoms with Crippen LogP contribution in [0.2, 0.25) is 0 Å². The van der Waals surface area contributed by atoms with Gasteiger partial charge in [0.1, 0.15) is 0 Å². The second-order valence-corrected chi connectivity index (χ2v) is 5.42. The highest BCUT2D eigenvalue weighted by atomic mass is 19.4. The second-order valence-electron chi connectivity index (χ2n) is 5.42. The van der Waals surface area contributed by atoms with Crippen molar-refractivity contribution in [1.82, 2.24) is 0 Å². The van der Waals surface area contributed by atoms with E-state index in [2.05, 4.69) is 4.74 Å². The van der Waals surface area contributed by atoms with Crippen molar-refractivity contribution in [2.45, 2.75) is 69.5 Å². The molecule has 0 heterocycles. The third-order valence-electron chi connectivity index (χ3n) is 3.90. The van der Waals surface area contributed by atoms with Crippen molar-refractivity contribution in [3.8, 4) is 0 Å². The number of esters is 1. The zero-order valence-corrected chi connectivity index (χ0v) is 11.9. The molecule has 0 saturated heterocycles. The number of alkyl halides is 6. The van der Waals surface area contributed by atoms with Gasteiger partial charge < -0.3 is 9.84 Å². The number of ether oxygens (including phenoxy) is 1. The molecule has 1 aliphatic carbocycles. The van der Waals surface area contributed by atoms with E-state index in [0.717, 1.165) is 0 Å². The molecule has 1 aliphatic rings. The molecule has 0 bridgehead atoms. The first-order chi connectivity index (χ1) is 9.95. The zero-order chi connectivity index (χ0) is 17.2. The standard InChI is InChI=1S/C13H18F6O3/c1-2-9(20)22-10(8-6-4-3-5-7-8)11(21,12(14,15)16)13(17,18)19/h8,10,21H,2-7H2,1H3. The van der Waals surface area contributed by atoms with Crippen molar-refractivity contribution < 1.29 is 41.0 Å². The fourth-order valence-electron chi connectivity index (χ4n) is 2.67. The summed E-state index contributed by atoms with van der Waals surface area (Å²) in [5.41, 5.74) is -5.06. The molecule has 1 rings (SSSR count). The molecule has 0 aromatic heterocycles. The molecule has 1 N–H and O–H groups in total. The fourth-order valence-corrected chi connectivity index (χ4v) is 2.67. The average molecular weight is 336 g/mol. The Balaban J connectivity index is 3.27. The number of rotatable bonds is 4. The van der Waals surface area contributed by atoms with Crippen LogP contribution in [0.25, 0.3) is 0 Å². The van der Waals surface area contributed by atoms with Crippen molar-refractivity contribution in [3.05, 3.63) is 0 Å². The van der Waals surface area contributed by atoms with E-state index in [1.165, 1.54) is 6.92 Å². The number of aliphatic hydroxyl groups is 1. The van der Waals surface area contributed by atoms with Gasteiger partial charge in [0, 0.05) is 6.42 Å². The summed E-state index contributed by atoms with van der Waals surface area (Å²) in [6.07, 6.45) is -13.4. The van der Waals surface area contributed by atoms with Crippen LogP contribution in [0.4, 0.5) is 26.3 Å². The van der Waals surface area contributed by atoms with E-state index in [9.17, 15) is 36.2 Å². The monoisotopic (exact) mass is 336 g/mol. The summed E-state index contributed by atoms with van der Waals surface area (Å²) in [4.78, 5) is 11.3. The number of hydrogen-bond donors (Lipinski definition) is 1. The van der Waals surface area contributed by atoms with Gasteiger partial charge in [-0.05, 0) is 18.8 Å². The molecule has 0 spiro atoms. The van der Waals surface area contributed by atoms with Gasteiger partial charge in [0.25, 0.3) is 5.60 Å². The molecular formula is C13H18F6O3. The Bertz CT molecular complexity index is 370. The lowest BCUT2D eigenvalue weighted by molar-refractivity contribution is -0.396. The number of carbonyl (C=O) groups is 1. The van der Waals surface area contributed by atoms with Crippen LogP contribution in [0.3, 0.4) is 0 Å². The van der Waals surface area contributed by atoms with E-state index in [4.69, 9.17) is 0 Å². The lowest BCUT2D eigenvalue weighted by Crippen LogP contribution is -2.67. The van der Waals surface area contributed by atoms with Crippen LogP contribution in [0.5, 0.6) is 0 Å². The fraction of sp³-hybridized carbons (Fsp3) is 0.923. The molecule has 0 aromatic carbocycles. The number of carbonyl (C=O) groups excluding carboxylic acids is 1. The van der Waals surface area contributed by atoms with Gasteiger partial charge in [-0.2, -0.15) is 26.3 Å². The normalized spacial score (nSPS) is 19.8. The minimum atomic E-state index is -6.00. The Hall–Kier alpha value is -0.990. The van der Waals surface area contributed by atoms with E-state index in [1.807, 2.05) is 0 Å². The summed E-state index contributed by atoms with van der Waals surface area (Å²) in [6.45, 7) is 1.25. The predicted octanol–water partition coefficient (Wildman–Crippen LogP) is 3.74. The number of halogens is 6. The average Bonchev–Trinajstić information content (AvgIpc) is 2.42. The predicted molar refractivity (Wildman–Crippen MR) is 63.8 cm³/mol. The molecular weight excluding hydrogens is 318 g/mol. The van der Waals surface area contributed by atoms with E-state index >= 15 is 0 Å². The third kappa shape index (κ3) is 3.67. The highest BCUT2D eigenvalue weighted by Crippen LogP contribution is 2.49. The van der Waals surface area contributed by atoms with Crippen LogP contribution < -0.4 is 0 Å². The van der Waals surface area contributed by atoms with Crippen molar-refractivity contribution in [1.29, 1.82) is 0 Å². The maximum atomic E-state index is 13.0. The van der Waals surface area contributed by atoms with Crippen LogP contribution in [0.1, 0.15) is 45.4 Å². The van der Waals surface area contributed by atoms with Crippen molar-refractivity contribution in [3.63, 3.8) is 0 Å². The van der Waals surface area contributed by atoms with Crippen molar-refractivity contribution in [2.75, 3.05) is 0 Å². The molecule has 9 heteroatoms. The van der Waals surface area contributed by atoms with E-state index in [-0.39, 0.29) is 19.3 Å². The van der Waals surface area contributed by atoms with E-state index < -0.39 is 35.9 Å². The molecule has 3 nitrogen and oxygen atoms in total. The van der Waals surface area contributed by atoms with Gasteiger partial charge in [-0.25, -0.2) is 0 Å². The van der Waals surface area contributed by atoms with Crippen LogP contribution >= 0.6 is 0 Å². The third-order valence-corrected chi connectivity index (χ3v) is 3.90. The molecule has 0 amide bonds. The molecule has 22 heavy (non-hydrogen) atoms. The first-order valence-electron chi connectivity index (χ1n) is 7.00. The Morgan fingerprint density at radius 3 is 1.91 bits per heavy atom. The highest BCUT2D eigenvalue weighted by molar-refractivity contribution is 5.69. The molecule has 0 aromatic rings. The molecule has 1 fully saturated rings. The smallest absolute Gasteiger partial charge is 0.430 e. The maximum absolute atomic E-state index is 13.0. The first kappa shape index (κ1) is 19.1. The van der Waals surface area contributed by atoms with Gasteiger partial charge in [0.15, 0.2) is 6.10 Å². The topological polar surface area (TPSA) is 46.5 Å². The minimum absolute atomic E-state index is 0.0378. The van der Waals surface area contributed by atoms with Crippen molar-refractivity contribution in [2.24, 2.45) is 5.92 Å². The SMILES string of the molecule is CCC(=O)OC(C1CCCCC1)C(O)(C(F)(F)F)C(F)(F)F. The summed E-state index contributed by atoms with van der Waals surface area (Å²) in [6, 6.07) is 0. The molecule has 0 aliphatic heterocycles. The van der Waals surface area contributed by atoms with Crippen LogP contribution in [-0.4, -0.2) is 35.1 Å². The molecule has 1 atom stereocenters. The van der Waals surface area contributed by atoms with Crippen LogP contribution in [0.15, 0.2) is 0 Å². The minimum Gasteiger partial charge on any atom is -0.458 e. The summed E-state index contributed by atoms with van der Waals surface area (Å²) >= 11 is 0. The Kier molecular flexibility index (Phi) is 5.75. The largest absolute Gasteiger partial charge is 0.458 e. The summed E-state index contributed by atoms with van der Waals surface area (Å²) in [5, 5.41) is 9.51. The highest BCUT2D eigenvalue weighted by Gasteiger charge is 2.76. The first-order valence-corrected chi connectivity index (χ1v) is 7.00. The van der Waals surface area contributed by atoms with Gasteiger partial charge in [-0.15, -0.1) is 0 Å². The van der Waals surface area contributed by atoms with Gasteiger partial charge in [-0.1, -0.05) is 26.2 Å². The summed E-state index contributed by atoms with van der Waals surface area (Å²) in [5.74, 6) is -2.39. The van der Waals surface area contributed by atoms with Gasteiger partial charge >= 0.3 is 18.3 Å². The molecule has 0 radical (unpaired) electrons. The molecule has 1 saturated carbocycles. The zero-order valence-electron chi connectivity index (χ0n) is 11.9. The molecule has 1 unspecified atom stereocenters. The van der Waals surface area contributed by atoms with Gasteiger partial charge in [0.05, 0.1) is 0 Å². The lowest BCUT2D eigenvalue weighted by Gasteiger charge is -2.42. The lowest BCUT2D eigenvalue weighted by atomic mass is 9.77. The summed E-state index contributed by atoms with van der Waals surface area (Å²) in [7, 11) is 0. The van der Waals surface area contributed by atoms with Crippen LogP contribution in [0, 0.1) is 5.92 Å². The van der Waals surface area contributed by atoms with Crippen molar-refractivity contribution >= 4 is 5.97 Å². The maximum Gasteiger partial charge on any atom is 0.430 e.